The van der Waals surface area contributed by atoms with Crippen LogP contribution in [0.2, 0.25) is 0 Å². The van der Waals surface area contributed by atoms with Crippen LogP contribution in [0.5, 0.6) is 0 Å². The van der Waals surface area contributed by atoms with Gasteiger partial charge in [0.25, 0.3) is 10.0 Å². The lowest BCUT2D eigenvalue weighted by atomic mass is 10.1. The van der Waals surface area contributed by atoms with Crippen molar-refractivity contribution >= 4 is 27.3 Å². The summed E-state index contributed by atoms with van der Waals surface area (Å²) in [5.74, 6) is -0.395. The molecule has 1 N–H and O–H groups in total. The Morgan fingerprint density at radius 1 is 1.08 bits per heavy atom. The Morgan fingerprint density at radius 2 is 1.80 bits per heavy atom. The first-order chi connectivity index (χ1) is 11.9. The van der Waals surface area contributed by atoms with E-state index in [2.05, 4.69) is 4.72 Å². The summed E-state index contributed by atoms with van der Waals surface area (Å²) in [4.78, 5) is 13.7. The Hall–Kier alpha value is -2.41. The van der Waals surface area contributed by atoms with Gasteiger partial charge in [-0.05, 0) is 67.8 Å². The van der Waals surface area contributed by atoms with Crippen molar-refractivity contribution in [2.45, 2.75) is 31.1 Å². The molecule has 2 aromatic rings. The van der Waals surface area contributed by atoms with E-state index in [1.165, 1.54) is 12.1 Å². The standard InChI is InChI=1S/C18H19FN2O3S/c1-13-12-14(19)5-10-17(13)25(23,24)20-15-6-8-16(9-7-15)21-11-3-2-4-18(21)22/h5-10,12,20H,2-4,11H2,1H3. The Morgan fingerprint density at radius 3 is 2.44 bits per heavy atom. The van der Waals surface area contributed by atoms with Crippen LogP contribution in [0.25, 0.3) is 0 Å². The summed E-state index contributed by atoms with van der Waals surface area (Å²) in [6, 6.07) is 10.2. The summed E-state index contributed by atoms with van der Waals surface area (Å²) in [6.07, 6.45) is 2.41. The smallest absolute Gasteiger partial charge is 0.262 e. The number of anilines is 2. The molecule has 25 heavy (non-hydrogen) atoms. The Balaban J connectivity index is 1.79. The van der Waals surface area contributed by atoms with Crippen molar-refractivity contribution in [2.24, 2.45) is 0 Å². The molecular weight excluding hydrogens is 343 g/mol. The van der Waals surface area contributed by atoms with Crippen LogP contribution in [0.3, 0.4) is 0 Å². The van der Waals surface area contributed by atoms with E-state index in [1.807, 2.05) is 0 Å². The van der Waals surface area contributed by atoms with Gasteiger partial charge < -0.3 is 4.90 Å². The van der Waals surface area contributed by atoms with Gasteiger partial charge in [0.2, 0.25) is 5.91 Å². The van der Waals surface area contributed by atoms with Gasteiger partial charge in [0.1, 0.15) is 5.82 Å². The first-order valence-corrected chi connectivity index (χ1v) is 9.54. The molecule has 1 aliphatic heterocycles. The van der Waals surface area contributed by atoms with Gasteiger partial charge in [-0.2, -0.15) is 0 Å². The van der Waals surface area contributed by atoms with Gasteiger partial charge in [0.15, 0.2) is 0 Å². The quantitative estimate of drug-likeness (QED) is 0.906. The van der Waals surface area contributed by atoms with Gasteiger partial charge in [-0.1, -0.05) is 0 Å². The first kappa shape index (κ1) is 17.4. The molecule has 132 valence electrons. The van der Waals surface area contributed by atoms with Crippen LogP contribution in [0.1, 0.15) is 24.8 Å². The normalized spacial score (nSPS) is 15.3. The third kappa shape index (κ3) is 3.82. The number of hydrogen-bond donors (Lipinski definition) is 1. The minimum atomic E-state index is -3.81. The number of halogens is 1. The highest BCUT2D eigenvalue weighted by atomic mass is 32.2. The number of amides is 1. The molecule has 1 fully saturated rings. The number of nitrogens with one attached hydrogen (secondary N) is 1. The van der Waals surface area contributed by atoms with Gasteiger partial charge in [-0.3, -0.25) is 9.52 Å². The predicted molar refractivity (Wildman–Crippen MR) is 94.6 cm³/mol. The van der Waals surface area contributed by atoms with E-state index < -0.39 is 15.8 Å². The van der Waals surface area contributed by atoms with Gasteiger partial charge in [-0.25, -0.2) is 12.8 Å². The van der Waals surface area contributed by atoms with E-state index in [4.69, 9.17) is 0 Å². The summed E-state index contributed by atoms with van der Waals surface area (Å²) in [6.45, 7) is 2.22. The fourth-order valence-electron chi connectivity index (χ4n) is 2.91. The molecule has 2 aromatic carbocycles. The molecule has 0 saturated carbocycles. The van der Waals surface area contributed by atoms with Gasteiger partial charge >= 0.3 is 0 Å². The van der Waals surface area contributed by atoms with Crippen molar-refractivity contribution < 1.29 is 17.6 Å². The number of carbonyl (C=O) groups excluding carboxylic acids is 1. The second-order valence-electron chi connectivity index (χ2n) is 6.06. The summed E-state index contributed by atoms with van der Waals surface area (Å²) in [7, 11) is -3.81. The highest BCUT2D eigenvalue weighted by Gasteiger charge is 2.20. The molecule has 1 saturated heterocycles. The number of aryl methyl sites for hydroxylation is 1. The number of nitrogens with zero attached hydrogens (tertiary/aromatic N) is 1. The fourth-order valence-corrected chi connectivity index (χ4v) is 4.20. The average molecular weight is 362 g/mol. The minimum absolute atomic E-state index is 0.0317. The van der Waals surface area contributed by atoms with Crippen LogP contribution in [-0.2, 0) is 14.8 Å². The van der Waals surface area contributed by atoms with E-state index >= 15 is 0 Å². The van der Waals surface area contributed by atoms with Crippen LogP contribution >= 0.6 is 0 Å². The largest absolute Gasteiger partial charge is 0.312 e. The number of hydrogen-bond acceptors (Lipinski definition) is 3. The number of benzene rings is 2. The highest BCUT2D eigenvalue weighted by molar-refractivity contribution is 7.92. The van der Waals surface area contributed by atoms with Crippen LogP contribution < -0.4 is 9.62 Å². The lowest BCUT2D eigenvalue weighted by molar-refractivity contribution is -0.119. The predicted octanol–water partition coefficient (Wildman–Crippen LogP) is 3.45. The summed E-state index contributed by atoms with van der Waals surface area (Å²) in [5.41, 5.74) is 1.48. The van der Waals surface area contributed by atoms with E-state index in [1.54, 1.807) is 36.1 Å². The molecule has 0 unspecified atom stereocenters. The molecule has 0 aromatic heterocycles. The van der Waals surface area contributed by atoms with Crippen LogP contribution in [-0.4, -0.2) is 20.9 Å². The monoisotopic (exact) mass is 362 g/mol. The highest BCUT2D eigenvalue weighted by Crippen LogP contribution is 2.25. The third-order valence-corrected chi connectivity index (χ3v) is 5.72. The lowest BCUT2D eigenvalue weighted by Gasteiger charge is -2.26. The third-order valence-electron chi connectivity index (χ3n) is 4.18. The summed E-state index contributed by atoms with van der Waals surface area (Å²) < 4.78 is 40.6. The maximum absolute atomic E-state index is 13.2. The fraction of sp³-hybridized carbons (Fsp3) is 0.278. The van der Waals surface area contributed by atoms with E-state index in [9.17, 15) is 17.6 Å². The molecule has 0 spiro atoms. The molecule has 1 aliphatic rings. The molecule has 5 nitrogen and oxygen atoms in total. The van der Waals surface area contributed by atoms with Gasteiger partial charge in [-0.15, -0.1) is 0 Å². The van der Waals surface area contributed by atoms with E-state index in [0.717, 1.165) is 24.6 Å². The molecule has 3 rings (SSSR count). The molecule has 1 heterocycles. The van der Waals surface area contributed by atoms with Crippen molar-refractivity contribution in [3.63, 3.8) is 0 Å². The second kappa shape index (κ2) is 6.84. The first-order valence-electron chi connectivity index (χ1n) is 8.06. The summed E-state index contributed by atoms with van der Waals surface area (Å²) in [5, 5.41) is 0. The maximum atomic E-state index is 13.2. The topological polar surface area (TPSA) is 66.5 Å². The zero-order valence-electron chi connectivity index (χ0n) is 13.8. The number of sulfonamides is 1. The second-order valence-corrected chi connectivity index (χ2v) is 7.72. The Labute approximate surface area is 146 Å². The van der Waals surface area contributed by atoms with Crippen LogP contribution in [0.4, 0.5) is 15.8 Å². The Bertz CT molecular complexity index is 895. The maximum Gasteiger partial charge on any atom is 0.262 e. The Kier molecular flexibility index (Phi) is 4.76. The van der Waals surface area contributed by atoms with Crippen LogP contribution in [0, 0.1) is 12.7 Å². The molecule has 0 bridgehead atoms. The SMILES string of the molecule is Cc1cc(F)ccc1S(=O)(=O)Nc1ccc(N2CCCCC2=O)cc1. The zero-order valence-corrected chi connectivity index (χ0v) is 14.6. The molecule has 0 aliphatic carbocycles. The molecular formula is C18H19FN2O3S. The lowest BCUT2D eigenvalue weighted by Crippen LogP contribution is -2.35. The van der Waals surface area contributed by atoms with E-state index in [0.29, 0.717) is 24.2 Å². The zero-order chi connectivity index (χ0) is 18.0. The average Bonchev–Trinajstić information content (AvgIpc) is 2.55. The number of piperidine rings is 1. The molecule has 7 heteroatoms. The van der Waals surface area contributed by atoms with Gasteiger partial charge in [0.05, 0.1) is 4.90 Å². The van der Waals surface area contributed by atoms with Crippen molar-refractivity contribution in [2.75, 3.05) is 16.2 Å². The molecule has 0 radical (unpaired) electrons. The van der Waals surface area contributed by atoms with Crippen molar-refractivity contribution in [3.05, 3.63) is 53.8 Å². The van der Waals surface area contributed by atoms with Crippen LogP contribution in [0.15, 0.2) is 47.4 Å². The van der Waals surface area contributed by atoms with Crippen molar-refractivity contribution in [1.82, 2.24) is 0 Å². The van der Waals surface area contributed by atoms with Crippen molar-refractivity contribution in [3.8, 4) is 0 Å². The van der Waals surface area contributed by atoms with Gasteiger partial charge in [0, 0.05) is 24.3 Å². The number of carbonyl (C=O) groups is 1. The van der Waals surface area contributed by atoms with E-state index in [-0.39, 0.29) is 10.8 Å². The summed E-state index contributed by atoms with van der Waals surface area (Å²) >= 11 is 0. The molecule has 1 amide bonds. The molecule has 0 atom stereocenters. The van der Waals surface area contributed by atoms with Crippen molar-refractivity contribution in [1.29, 1.82) is 0 Å². The number of rotatable bonds is 4. The minimum Gasteiger partial charge on any atom is -0.312 e.